The van der Waals surface area contributed by atoms with Gasteiger partial charge in [0, 0.05) is 5.41 Å². The summed E-state index contributed by atoms with van der Waals surface area (Å²) in [5.41, 5.74) is -0.290. The molecule has 9 heavy (non-hydrogen) atoms. The van der Waals surface area contributed by atoms with Gasteiger partial charge in [-0.3, -0.25) is 4.79 Å². The first-order chi connectivity index (χ1) is 4.06. The minimum absolute atomic E-state index is 0.215. The molecular weight excluding hydrogens is 136 g/mol. The molecule has 0 aliphatic rings. The highest BCUT2D eigenvalue weighted by atomic mass is 35.5. The van der Waals surface area contributed by atoms with Crippen LogP contribution in [0.15, 0.2) is 0 Å². The second kappa shape index (κ2) is 3.21. The maximum absolute atomic E-state index is 10.7. The Labute approximate surface area is 61.4 Å². The first-order valence-corrected chi connectivity index (χ1v) is 3.64. The molecular formula is C7H13ClO. The Morgan fingerprint density at radius 2 is 1.78 bits per heavy atom. The zero-order valence-electron chi connectivity index (χ0n) is 6.20. The van der Waals surface area contributed by atoms with Crippen LogP contribution in [0.1, 0.15) is 33.6 Å². The molecule has 0 unspecified atom stereocenters. The smallest absolute Gasteiger partial charge is 0.227 e. The van der Waals surface area contributed by atoms with Crippen LogP contribution < -0.4 is 0 Å². The van der Waals surface area contributed by atoms with E-state index in [0.29, 0.717) is 0 Å². The van der Waals surface area contributed by atoms with Gasteiger partial charge in [0.05, 0.1) is 0 Å². The lowest BCUT2D eigenvalue weighted by molar-refractivity contribution is -0.120. The van der Waals surface area contributed by atoms with E-state index in [4.69, 9.17) is 11.6 Å². The summed E-state index contributed by atoms with van der Waals surface area (Å²) in [6.45, 7) is 5.84. The van der Waals surface area contributed by atoms with Crippen molar-refractivity contribution in [3.05, 3.63) is 0 Å². The van der Waals surface area contributed by atoms with E-state index in [2.05, 4.69) is 0 Å². The lowest BCUT2D eigenvalue weighted by Crippen LogP contribution is -2.21. The second-order valence-corrected chi connectivity index (χ2v) is 2.88. The molecule has 0 amide bonds. The Morgan fingerprint density at radius 1 is 1.44 bits per heavy atom. The summed E-state index contributed by atoms with van der Waals surface area (Å²) >= 11 is 5.35. The molecule has 0 saturated carbocycles. The minimum atomic E-state index is -0.290. The molecule has 1 nitrogen and oxygen atoms in total. The van der Waals surface area contributed by atoms with E-state index < -0.39 is 0 Å². The molecule has 0 aliphatic heterocycles. The molecule has 0 fully saturated rings. The molecule has 0 radical (unpaired) electrons. The Bertz CT molecular complexity index is 105. The predicted molar refractivity (Wildman–Crippen MR) is 39.5 cm³/mol. The standard InChI is InChI=1S/C7H13ClO/c1-4-7(3,5-2)6(8)9/h4-5H2,1-3H3. The van der Waals surface area contributed by atoms with Crippen molar-refractivity contribution < 1.29 is 4.79 Å². The first-order valence-electron chi connectivity index (χ1n) is 3.26. The highest BCUT2D eigenvalue weighted by Crippen LogP contribution is 2.27. The molecule has 0 N–H and O–H groups in total. The van der Waals surface area contributed by atoms with Gasteiger partial charge in [-0.25, -0.2) is 0 Å². The van der Waals surface area contributed by atoms with Crippen molar-refractivity contribution in [3.63, 3.8) is 0 Å². The van der Waals surface area contributed by atoms with E-state index >= 15 is 0 Å². The molecule has 0 saturated heterocycles. The maximum Gasteiger partial charge on any atom is 0.227 e. The molecule has 0 aromatic rings. The van der Waals surface area contributed by atoms with Crippen molar-refractivity contribution in [1.82, 2.24) is 0 Å². The van der Waals surface area contributed by atoms with Gasteiger partial charge in [-0.1, -0.05) is 20.8 Å². The van der Waals surface area contributed by atoms with Crippen molar-refractivity contribution in [2.45, 2.75) is 33.6 Å². The summed E-state index contributed by atoms with van der Waals surface area (Å²) in [6.07, 6.45) is 1.65. The predicted octanol–water partition coefficient (Wildman–Crippen LogP) is 2.58. The Hall–Kier alpha value is -0.0400. The van der Waals surface area contributed by atoms with Gasteiger partial charge in [-0.05, 0) is 24.4 Å². The second-order valence-electron chi connectivity index (χ2n) is 2.54. The van der Waals surface area contributed by atoms with Gasteiger partial charge in [0.15, 0.2) is 0 Å². The fraction of sp³-hybridized carbons (Fsp3) is 0.857. The van der Waals surface area contributed by atoms with Crippen molar-refractivity contribution in [2.75, 3.05) is 0 Å². The summed E-state index contributed by atoms with van der Waals surface area (Å²) in [5.74, 6) is 0. The minimum Gasteiger partial charge on any atom is -0.281 e. The fourth-order valence-corrected chi connectivity index (χ4v) is 0.795. The van der Waals surface area contributed by atoms with E-state index in [9.17, 15) is 4.79 Å². The number of hydrogen-bond acceptors (Lipinski definition) is 1. The number of rotatable bonds is 3. The molecule has 2 heteroatoms. The molecule has 0 heterocycles. The van der Waals surface area contributed by atoms with Gasteiger partial charge in [0.2, 0.25) is 5.24 Å². The van der Waals surface area contributed by atoms with Crippen LogP contribution in [0.5, 0.6) is 0 Å². The molecule has 0 aliphatic carbocycles. The van der Waals surface area contributed by atoms with Crippen LogP contribution >= 0.6 is 11.6 Å². The molecule has 0 rings (SSSR count). The van der Waals surface area contributed by atoms with Gasteiger partial charge < -0.3 is 0 Å². The largest absolute Gasteiger partial charge is 0.281 e. The molecule has 0 aromatic heterocycles. The molecule has 0 aromatic carbocycles. The summed E-state index contributed by atoms with van der Waals surface area (Å²) in [4.78, 5) is 10.7. The molecule has 0 bridgehead atoms. The summed E-state index contributed by atoms with van der Waals surface area (Å²) in [5, 5.41) is -0.215. The third-order valence-corrected chi connectivity index (χ3v) is 2.49. The normalized spacial score (nSPS) is 11.6. The van der Waals surface area contributed by atoms with Crippen molar-refractivity contribution in [1.29, 1.82) is 0 Å². The fourth-order valence-electron chi connectivity index (χ4n) is 0.528. The monoisotopic (exact) mass is 148 g/mol. The Morgan fingerprint density at radius 3 is 1.78 bits per heavy atom. The zero-order valence-corrected chi connectivity index (χ0v) is 6.96. The number of carbonyl (C=O) groups excluding carboxylic acids is 1. The Balaban J connectivity index is 4.09. The van der Waals surface area contributed by atoms with Crippen molar-refractivity contribution in [3.8, 4) is 0 Å². The highest BCUT2D eigenvalue weighted by molar-refractivity contribution is 6.64. The topological polar surface area (TPSA) is 17.1 Å². The van der Waals surface area contributed by atoms with E-state index in [1.165, 1.54) is 0 Å². The van der Waals surface area contributed by atoms with E-state index in [0.717, 1.165) is 12.8 Å². The van der Waals surface area contributed by atoms with Crippen LogP contribution in [-0.4, -0.2) is 5.24 Å². The third kappa shape index (κ3) is 1.98. The van der Waals surface area contributed by atoms with E-state index in [1.54, 1.807) is 0 Å². The summed E-state index contributed by atoms with van der Waals surface area (Å²) in [6, 6.07) is 0. The third-order valence-electron chi connectivity index (χ3n) is 2.04. The van der Waals surface area contributed by atoms with Gasteiger partial charge in [-0.15, -0.1) is 0 Å². The van der Waals surface area contributed by atoms with E-state index in [-0.39, 0.29) is 10.7 Å². The van der Waals surface area contributed by atoms with Crippen LogP contribution in [0.4, 0.5) is 0 Å². The average molecular weight is 149 g/mol. The van der Waals surface area contributed by atoms with Crippen molar-refractivity contribution >= 4 is 16.8 Å². The van der Waals surface area contributed by atoms with Crippen molar-refractivity contribution in [2.24, 2.45) is 5.41 Å². The van der Waals surface area contributed by atoms with Crippen LogP contribution in [0.25, 0.3) is 0 Å². The van der Waals surface area contributed by atoms with Gasteiger partial charge >= 0.3 is 0 Å². The lowest BCUT2D eigenvalue weighted by atomic mass is 9.86. The zero-order chi connectivity index (χ0) is 7.49. The number of carbonyl (C=O) groups is 1. The maximum atomic E-state index is 10.7. The average Bonchev–Trinajstić information content (AvgIpc) is 1.86. The van der Waals surface area contributed by atoms with Crippen LogP contribution in [0.3, 0.4) is 0 Å². The van der Waals surface area contributed by atoms with Crippen LogP contribution in [0.2, 0.25) is 0 Å². The molecule has 0 atom stereocenters. The first kappa shape index (κ1) is 8.96. The summed E-state index contributed by atoms with van der Waals surface area (Å²) < 4.78 is 0. The summed E-state index contributed by atoms with van der Waals surface area (Å²) in [7, 11) is 0. The lowest BCUT2D eigenvalue weighted by Gasteiger charge is -2.20. The Kier molecular flexibility index (Phi) is 3.20. The van der Waals surface area contributed by atoms with Gasteiger partial charge in [-0.2, -0.15) is 0 Å². The van der Waals surface area contributed by atoms with E-state index in [1.807, 2.05) is 20.8 Å². The highest BCUT2D eigenvalue weighted by Gasteiger charge is 2.26. The molecule has 54 valence electrons. The quantitative estimate of drug-likeness (QED) is 0.563. The van der Waals surface area contributed by atoms with Gasteiger partial charge in [0.1, 0.15) is 0 Å². The van der Waals surface area contributed by atoms with Gasteiger partial charge in [0.25, 0.3) is 0 Å². The van der Waals surface area contributed by atoms with Crippen LogP contribution in [-0.2, 0) is 4.79 Å². The number of halogens is 1. The number of hydrogen-bond donors (Lipinski definition) is 0. The molecule has 0 spiro atoms. The van der Waals surface area contributed by atoms with Crippen LogP contribution in [0, 0.1) is 5.41 Å². The SMILES string of the molecule is CCC(C)(CC)C(=O)Cl.